The first-order chi connectivity index (χ1) is 9.42. The molecule has 1 heterocycles. The van der Waals surface area contributed by atoms with Crippen LogP contribution < -0.4 is 4.72 Å². The van der Waals surface area contributed by atoms with E-state index in [9.17, 15) is 8.42 Å². The largest absolute Gasteiger partial charge is 0.264 e. The number of rotatable bonds is 5. The summed E-state index contributed by atoms with van der Waals surface area (Å²) in [5, 5.41) is 4.28. The molecule has 6 heteroatoms. The minimum Gasteiger partial charge on any atom is -0.264 e. The molecule has 0 atom stereocenters. The van der Waals surface area contributed by atoms with E-state index in [0.717, 1.165) is 17.7 Å². The van der Waals surface area contributed by atoms with Gasteiger partial charge in [-0.15, -0.1) is 0 Å². The Hall–Kier alpha value is -1.82. The number of nitrogens with zero attached hydrogens (tertiary/aromatic N) is 2. The topological polar surface area (TPSA) is 64.0 Å². The molecule has 1 aromatic heterocycles. The predicted molar refractivity (Wildman–Crippen MR) is 79.2 cm³/mol. The Morgan fingerprint density at radius 1 is 1.20 bits per heavy atom. The molecule has 2 aromatic rings. The number of hydrogen-bond acceptors (Lipinski definition) is 3. The summed E-state index contributed by atoms with van der Waals surface area (Å²) in [6, 6.07) is 8.50. The van der Waals surface area contributed by atoms with Gasteiger partial charge >= 0.3 is 0 Å². The van der Waals surface area contributed by atoms with E-state index in [1.165, 1.54) is 0 Å². The summed E-state index contributed by atoms with van der Waals surface area (Å²) in [4.78, 5) is 0.255. The summed E-state index contributed by atoms with van der Waals surface area (Å²) < 4.78 is 28.9. The molecule has 2 rings (SSSR count). The highest BCUT2D eigenvalue weighted by molar-refractivity contribution is 7.92. The van der Waals surface area contributed by atoms with Crippen LogP contribution in [0.3, 0.4) is 0 Å². The normalized spacial score (nSPS) is 11.6. The summed E-state index contributed by atoms with van der Waals surface area (Å²) in [6.07, 6.45) is 0.889. The lowest BCUT2D eigenvalue weighted by molar-refractivity contribution is 0.592. The van der Waals surface area contributed by atoms with Crippen molar-refractivity contribution in [2.45, 2.75) is 38.6 Å². The van der Waals surface area contributed by atoms with Gasteiger partial charge in [-0.05, 0) is 32.4 Å². The van der Waals surface area contributed by atoms with Crippen molar-refractivity contribution in [3.05, 3.63) is 41.6 Å². The molecule has 108 valence electrons. The molecular weight excluding hydrogens is 274 g/mol. The van der Waals surface area contributed by atoms with E-state index in [0.29, 0.717) is 12.4 Å². The van der Waals surface area contributed by atoms with E-state index in [4.69, 9.17) is 0 Å². The second-order valence-electron chi connectivity index (χ2n) is 4.81. The van der Waals surface area contributed by atoms with Gasteiger partial charge in [-0.3, -0.25) is 4.72 Å². The molecule has 20 heavy (non-hydrogen) atoms. The highest BCUT2D eigenvalue weighted by Gasteiger charge is 2.16. The third kappa shape index (κ3) is 3.19. The van der Waals surface area contributed by atoms with Crippen LogP contribution in [0.25, 0.3) is 0 Å². The zero-order valence-corrected chi connectivity index (χ0v) is 12.7. The highest BCUT2D eigenvalue weighted by atomic mass is 32.2. The summed E-state index contributed by atoms with van der Waals surface area (Å²) in [6.45, 7) is 6.47. The van der Waals surface area contributed by atoms with Crippen LogP contribution in [0.2, 0.25) is 0 Å². The second kappa shape index (κ2) is 5.66. The van der Waals surface area contributed by atoms with Gasteiger partial charge in [0.25, 0.3) is 10.0 Å². The Labute approximate surface area is 119 Å². The summed E-state index contributed by atoms with van der Waals surface area (Å²) in [7, 11) is -3.57. The lowest BCUT2D eigenvalue weighted by atomic mass is 10.2. The maximum atomic E-state index is 12.3. The third-order valence-corrected chi connectivity index (χ3v) is 4.28. The molecule has 0 amide bonds. The van der Waals surface area contributed by atoms with Crippen LogP contribution in [0.5, 0.6) is 0 Å². The van der Waals surface area contributed by atoms with Crippen molar-refractivity contribution >= 4 is 15.8 Å². The molecule has 0 radical (unpaired) electrons. The van der Waals surface area contributed by atoms with Gasteiger partial charge in [0.05, 0.1) is 10.6 Å². The quantitative estimate of drug-likeness (QED) is 0.922. The Morgan fingerprint density at radius 3 is 2.45 bits per heavy atom. The van der Waals surface area contributed by atoms with Crippen molar-refractivity contribution in [1.82, 2.24) is 9.78 Å². The fourth-order valence-electron chi connectivity index (χ4n) is 1.92. The summed E-state index contributed by atoms with van der Waals surface area (Å²) >= 11 is 0. The van der Waals surface area contributed by atoms with Crippen molar-refractivity contribution in [1.29, 1.82) is 0 Å². The Kier molecular flexibility index (Phi) is 4.13. The van der Waals surface area contributed by atoms with Crippen molar-refractivity contribution in [2.75, 3.05) is 4.72 Å². The third-order valence-electron chi connectivity index (χ3n) is 2.91. The molecule has 0 fully saturated rings. The molecule has 0 aliphatic heterocycles. The molecule has 0 aliphatic carbocycles. The van der Waals surface area contributed by atoms with Gasteiger partial charge in [0, 0.05) is 12.6 Å². The maximum Gasteiger partial charge on any atom is 0.263 e. The molecule has 1 aromatic carbocycles. The zero-order chi connectivity index (χ0) is 14.8. The Morgan fingerprint density at radius 2 is 1.85 bits per heavy atom. The molecule has 0 spiro atoms. The van der Waals surface area contributed by atoms with Crippen LogP contribution in [-0.2, 0) is 16.6 Å². The molecule has 0 saturated heterocycles. The monoisotopic (exact) mass is 293 g/mol. The lowest BCUT2D eigenvalue weighted by Gasteiger charge is -2.10. The molecule has 5 nitrogen and oxygen atoms in total. The van der Waals surface area contributed by atoms with Crippen LogP contribution in [0.15, 0.2) is 35.2 Å². The number of benzene rings is 1. The van der Waals surface area contributed by atoms with Gasteiger partial charge in [0.2, 0.25) is 0 Å². The van der Waals surface area contributed by atoms with Crippen molar-refractivity contribution < 1.29 is 8.42 Å². The van der Waals surface area contributed by atoms with Crippen LogP contribution in [0.1, 0.15) is 24.6 Å². The van der Waals surface area contributed by atoms with Crippen LogP contribution >= 0.6 is 0 Å². The van der Waals surface area contributed by atoms with Crippen molar-refractivity contribution in [2.24, 2.45) is 0 Å². The van der Waals surface area contributed by atoms with E-state index in [-0.39, 0.29) is 4.90 Å². The first-order valence-electron chi connectivity index (χ1n) is 6.56. The number of hydrogen-bond donors (Lipinski definition) is 1. The molecule has 0 unspecified atom stereocenters. The van der Waals surface area contributed by atoms with Crippen molar-refractivity contribution in [3.8, 4) is 0 Å². The van der Waals surface area contributed by atoms with Crippen molar-refractivity contribution in [3.63, 3.8) is 0 Å². The first kappa shape index (κ1) is 14.6. The molecule has 0 saturated carbocycles. The van der Waals surface area contributed by atoms with E-state index in [1.807, 2.05) is 20.8 Å². The summed E-state index contributed by atoms with van der Waals surface area (Å²) in [5.74, 6) is 0.505. The van der Waals surface area contributed by atoms with Gasteiger partial charge in [-0.1, -0.05) is 24.6 Å². The number of aromatic nitrogens is 2. The fourth-order valence-corrected chi connectivity index (χ4v) is 2.98. The number of anilines is 1. The van der Waals surface area contributed by atoms with Gasteiger partial charge in [0.1, 0.15) is 5.82 Å². The highest BCUT2D eigenvalue weighted by Crippen LogP contribution is 2.18. The Balaban J connectivity index is 2.30. The Bertz CT molecular complexity index is 688. The summed E-state index contributed by atoms with van der Waals surface area (Å²) in [5.41, 5.74) is 1.82. The first-order valence-corrected chi connectivity index (χ1v) is 8.04. The number of nitrogens with one attached hydrogen (secondary N) is 1. The molecule has 1 N–H and O–H groups in total. The maximum absolute atomic E-state index is 12.3. The SMILES string of the molecule is CCCn1nc(C)cc1NS(=O)(=O)c1ccc(C)cc1. The lowest BCUT2D eigenvalue weighted by Crippen LogP contribution is -2.16. The average Bonchev–Trinajstić information content (AvgIpc) is 2.70. The van der Waals surface area contributed by atoms with Gasteiger partial charge in [0.15, 0.2) is 0 Å². The predicted octanol–water partition coefficient (Wildman–Crippen LogP) is 2.71. The van der Waals surface area contributed by atoms with Crippen LogP contribution in [0, 0.1) is 13.8 Å². The van der Waals surface area contributed by atoms with Gasteiger partial charge < -0.3 is 0 Å². The fraction of sp³-hybridized carbons (Fsp3) is 0.357. The van der Waals surface area contributed by atoms with E-state index in [2.05, 4.69) is 9.82 Å². The second-order valence-corrected chi connectivity index (χ2v) is 6.50. The van der Waals surface area contributed by atoms with E-state index >= 15 is 0 Å². The molecule has 0 aliphatic rings. The molecule has 0 bridgehead atoms. The smallest absolute Gasteiger partial charge is 0.263 e. The van der Waals surface area contributed by atoms with E-state index in [1.54, 1.807) is 35.0 Å². The minimum absolute atomic E-state index is 0.255. The standard InChI is InChI=1S/C14H19N3O2S/c1-4-9-17-14(10-12(3)15-17)16-20(18,19)13-7-5-11(2)6-8-13/h5-8,10,16H,4,9H2,1-3H3. The van der Waals surface area contributed by atoms with Gasteiger partial charge in [-0.2, -0.15) is 5.10 Å². The average molecular weight is 293 g/mol. The number of aryl methyl sites for hydroxylation is 3. The van der Waals surface area contributed by atoms with Crippen LogP contribution in [0.4, 0.5) is 5.82 Å². The minimum atomic E-state index is -3.57. The number of sulfonamides is 1. The molecular formula is C14H19N3O2S. The van der Waals surface area contributed by atoms with Crippen LogP contribution in [-0.4, -0.2) is 18.2 Å². The van der Waals surface area contributed by atoms with E-state index < -0.39 is 10.0 Å². The van der Waals surface area contributed by atoms with Gasteiger partial charge in [-0.25, -0.2) is 13.1 Å². The zero-order valence-electron chi connectivity index (χ0n) is 11.9.